The number of benzene rings is 1. The van der Waals surface area contributed by atoms with Gasteiger partial charge in [0.25, 0.3) is 0 Å². The molecule has 0 bridgehead atoms. The van der Waals surface area contributed by atoms with Gasteiger partial charge in [-0.1, -0.05) is 26.0 Å². The summed E-state index contributed by atoms with van der Waals surface area (Å²) in [5.74, 6) is 0. The molecule has 0 amide bonds. The quantitative estimate of drug-likeness (QED) is 0.825. The highest BCUT2D eigenvalue weighted by molar-refractivity contribution is 7.99. The number of aromatic amines is 1. The van der Waals surface area contributed by atoms with Gasteiger partial charge in [-0.2, -0.15) is 0 Å². The Morgan fingerprint density at radius 1 is 1.33 bits per heavy atom. The Balaban J connectivity index is 2.15. The molecule has 1 aromatic heterocycles. The van der Waals surface area contributed by atoms with Crippen molar-refractivity contribution in [3.8, 4) is 0 Å². The van der Waals surface area contributed by atoms with Crippen molar-refractivity contribution < 1.29 is 0 Å². The van der Waals surface area contributed by atoms with E-state index in [-0.39, 0.29) is 5.69 Å². The van der Waals surface area contributed by atoms with Crippen LogP contribution in [0.15, 0.2) is 39.1 Å². The molecule has 2 N–H and O–H groups in total. The van der Waals surface area contributed by atoms with Gasteiger partial charge in [-0.15, -0.1) is 5.10 Å². The Morgan fingerprint density at radius 2 is 2.05 bits per heavy atom. The van der Waals surface area contributed by atoms with E-state index in [0.717, 1.165) is 22.9 Å². The first kappa shape index (κ1) is 15.9. The van der Waals surface area contributed by atoms with Crippen LogP contribution in [0.3, 0.4) is 0 Å². The van der Waals surface area contributed by atoms with Crippen LogP contribution in [0, 0.1) is 0 Å². The van der Waals surface area contributed by atoms with Crippen LogP contribution in [0.1, 0.15) is 38.3 Å². The fourth-order valence-electron chi connectivity index (χ4n) is 2.28. The molecule has 2 rings (SSSR count). The van der Waals surface area contributed by atoms with Gasteiger partial charge in [-0.3, -0.25) is 4.57 Å². The van der Waals surface area contributed by atoms with E-state index in [1.807, 2.05) is 14.0 Å². The number of H-pyrrole nitrogens is 1. The lowest BCUT2D eigenvalue weighted by atomic mass is 10.1. The zero-order valence-electron chi connectivity index (χ0n) is 12.7. The molecular formula is C15H22N4OS. The molecule has 1 aromatic carbocycles. The molecule has 0 aliphatic heterocycles. The molecule has 0 aliphatic carbocycles. The highest BCUT2D eigenvalue weighted by atomic mass is 32.2. The van der Waals surface area contributed by atoms with Crippen molar-refractivity contribution in [1.29, 1.82) is 0 Å². The van der Waals surface area contributed by atoms with E-state index in [1.54, 1.807) is 4.57 Å². The molecular weight excluding hydrogens is 284 g/mol. The third kappa shape index (κ3) is 3.77. The second-order valence-corrected chi connectivity index (χ2v) is 5.92. The molecule has 0 spiro atoms. The van der Waals surface area contributed by atoms with Crippen LogP contribution in [-0.2, 0) is 6.54 Å². The van der Waals surface area contributed by atoms with Gasteiger partial charge in [-0.05, 0) is 49.3 Å². The van der Waals surface area contributed by atoms with Crippen LogP contribution in [0.25, 0.3) is 0 Å². The maximum atomic E-state index is 11.7. The summed E-state index contributed by atoms with van der Waals surface area (Å²) in [7, 11) is 1.98. The van der Waals surface area contributed by atoms with Gasteiger partial charge in [0.15, 0.2) is 5.16 Å². The number of nitrogens with one attached hydrogen (secondary N) is 2. The molecule has 1 heterocycles. The summed E-state index contributed by atoms with van der Waals surface area (Å²) in [4.78, 5) is 12.7. The Bertz CT molecular complexity index is 613. The van der Waals surface area contributed by atoms with Gasteiger partial charge in [0.05, 0.1) is 0 Å². The molecule has 0 saturated heterocycles. The monoisotopic (exact) mass is 306 g/mol. The third-order valence-electron chi connectivity index (χ3n) is 3.42. The van der Waals surface area contributed by atoms with E-state index in [9.17, 15) is 4.79 Å². The molecule has 1 atom stereocenters. The first-order valence-electron chi connectivity index (χ1n) is 7.29. The molecule has 5 nitrogen and oxygen atoms in total. The lowest BCUT2D eigenvalue weighted by molar-refractivity contribution is 0.576. The van der Waals surface area contributed by atoms with E-state index >= 15 is 0 Å². The Kier molecular flexibility index (Phi) is 5.64. The first-order chi connectivity index (χ1) is 10.2. The Morgan fingerprint density at radius 3 is 2.62 bits per heavy atom. The lowest BCUT2D eigenvalue weighted by Gasteiger charge is -2.14. The van der Waals surface area contributed by atoms with Crippen molar-refractivity contribution in [1.82, 2.24) is 20.1 Å². The molecule has 6 heteroatoms. The second kappa shape index (κ2) is 7.47. The summed E-state index contributed by atoms with van der Waals surface area (Å²) in [5.41, 5.74) is 1.13. The van der Waals surface area contributed by atoms with Crippen LogP contribution in [0.4, 0.5) is 0 Å². The molecule has 21 heavy (non-hydrogen) atoms. The van der Waals surface area contributed by atoms with E-state index in [4.69, 9.17) is 0 Å². The van der Waals surface area contributed by atoms with E-state index < -0.39 is 0 Å². The van der Waals surface area contributed by atoms with Crippen LogP contribution in [0.5, 0.6) is 0 Å². The summed E-state index contributed by atoms with van der Waals surface area (Å²) in [6.07, 6.45) is 1.96. The van der Waals surface area contributed by atoms with Crippen molar-refractivity contribution in [2.45, 2.75) is 49.3 Å². The fraction of sp³-hybridized carbons (Fsp3) is 0.467. The maximum Gasteiger partial charge on any atom is 0.343 e. The van der Waals surface area contributed by atoms with Crippen molar-refractivity contribution in [3.05, 3.63) is 40.3 Å². The number of hydrogen-bond donors (Lipinski definition) is 2. The summed E-state index contributed by atoms with van der Waals surface area (Å²) in [5, 5.41) is 10.6. The second-order valence-electron chi connectivity index (χ2n) is 4.88. The van der Waals surface area contributed by atoms with E-state index in [0.29, 0.717) is 12.6 Å². The van der Waals surface area contributed by atoms with Crippen LogP contribution in [0.2, 0.25) is 0 Å². The summed E-state index contributed by atoms with van der Waals surface area (Å²) < 4.78 is 1.68. The van der Waals surface area contributed by atoms with E-state index in [2.05, 4.69) is 46.7 Å². The number of rotatable bonds is 7. The largest absolute Gasteiger partial charge is 0.343 e. The average Bonchev–Trinajstić information content (AvgIpc) is 2.84. The Labute approximate surface area is 129 Å². The van der Waals surface area contributed by atoms with Gasteiger partial charge < -0.3 is 5.32 Å². The van der Waals surface area contributed by atoms with Gasteiger partial charge in [0.1, 0.15) is 0 Å². The SMILES string of the molecule is CCCn1c(Sc2ccc(C(CC)NC)cc2)n[nH]c1=O. The predicted molar refractivity (Wildman–Crippen MR) is 85.8 cm³/mol. The summed E-state index contributed by atoms with van der Waals surface area (Å²) in [6, 6.07) is 8.79. The minimum Gasteiger partial charge on any atom is -0.313 e. The highest BCUT2D eigenvalue weighted by Crippen LogP contribution is 2.27. The molecule has 0 fully saturated rings. The smallest absolute Gasteiger partial charge is 0.313 e. The van der Waals surface area contributed by atoms with Gasteiger partial charge in [0.2, 0.25) is 0 Å². The zero-order chi connectivity index (χ0) is 15.2. The zero-order valence-corrected chi connectivity index (χ0v) is 13.5. The van der Waals surface area contributed by atoms with Crippen molar-refractivity contribution >= 4 is 11.8 Å². The maximum absolute atomic E-state index is 11.7. The number of nitrogens with zero attached hydrogens (tertiary/aromatic N) is 2. The normalized spacial score (nSPS) is 12.5. The molecule has 0 aliphatic rings. The van der Waals surface area contributed by atoms with Gasteiger partial charge in [-0.25, -0.2) is 9.89 Å². The third-order valence-corrected chi connectivity index (χ3v) is 4.42. The molecule has 2 aromatic rings. The topological polar surface area (TPSA) is 62.7 Å². The average molecular weight is 306 g/mol. The predicted octanol–water partition coefficient (Wildman–Crippen LogP) is 2.80. The van der Waals surface area contributed by atoms with Crippen LogP contribution >= 0.6 is 11.8 Å². The number of hydrogen-bond acceptors (Lipinski definition) is 4. The summed E-state index contributed by atoms with van der Waals surface area (Å²) >= 11 is 1.51. The highest BCUT2D eigenvalue weighted by Gasteiger charge is 2.10. The number of aromatic nitrogens is 3. The molecule has 114 valence electrons. The van der Waals surface area contributed by atoms with Crippen molar-refractivity contribution in [2.75, 3.05) is 7.05 Å². The summed E-state index contributed by atoms with van der Waals surface area (Å²) in [6.45, 7) is 4.90. The van der Waals surface area contributed by atoms with Crippen molar-refractivity contribution in [2.24, 2.45) is 0 Å². The van der Waals surface area contributed by atoms with Gasteiger partial charge in [0, 0.05) is 17.5 Å². The Hall–Kier alpha value is -1.53. The standard InChI is InChI=1S/C15H22N4OS/c1-4-10-19-14(20)17-18-15(19)21-12-8-6-11(7-9-12)13(5-2)16-3/h6-9,13,16H,4-5,10H2,1-3H3,(H,17,20). The van der Waals surface area contributed by atoms with E-state index in [1.165, 1.54) is 17.3 Å². The molecule has 0 radical (unpaired) electrons. The van der Waals surface area contributed by atoms with Gasteiger partial charge >= 0.3 is 5.69 Å². The minimum atomic E-state index is -0.141. The van der Waals surface area contributed by atoms with Crippen molar-refractivity contribution in [3.63, 3.8) is 0 Å². The minimum absolute atomic E-state index is 0.141. The molecule has 0 saturated carbocycles. The lowest BCUT2D eigenvalue weighted by Crippen LogP contribution is -2.17. The first-order valence-corrected chi connectivity index (χ1v) is 8.11. The van der Waals surface area contributed by atoms with Crippen LogP contribution < -0.4 is 11.0 Å². The van der Waals surface area contributed by atoms with Crippen LogP contribution in [-0.4, -0.2) is 21.8 Å². The molecule has 1 unspecified atom stereocenters. The fourth-order valence-corrected chi connectivity index (χ4v) is 3.14.